The van der Waals surface area contributed by atoms with E-state index in [0.717, 1.165) is 19.3 Å². The van der Waals surface area contributed by atoms with Gasteiger partial charge in [-0.05, 0) is 36.8 Å². The molecule has 0 aliphatic carbocycles. The lowest BCUT2D eigenvalue weighted by atomic mass is 10.1. The third-order valence-electron chi connectivity index (χ3n) is 2.73. The molecular weight excluding hydrogens is 214 g/mol. The fourth-order valence-corrected chi connectivity index (χ4v) is 2.91. The number of fused-ring (bicyclic) bond motifs is 1. The number of unbranched alkanes of at least 4 members (excludes halogenated alkanes) is 1. The largest absolute Gasteiger partial charge is 0.323 e. The second-order valence-corrected chi connectivity index (χ2v) is 5.13. The SMILES string of the molecule is C=CCCCC(N)c1cc2ccccc2s1. The predicted octanol–water partition coefficient (Wildman–Crippen LogP) is 4.26. The average molecular weight is 231 g/mol. The highest BCUT2D eigenvalue weighted by atomic mass is 32.1. The number of nitrogens with two attached hydrogens (primary N) is 1. The van der Waals surface area contributed by atoms with E-state index >= 15 is 0 Å². The molecular formula is C14H17NS. The van der Waals surface area contributed by atoms with Crippen molar-refractivity contribution in [3.63, 3.8) is 0 Å². The Kier molecular flexibility index (Phi) is 3.75. The highest BCUT2D eigenvalue weighted by molar-refractivity contribution is 7.19. The summed E-state index contributed by atoms with van der Waals surface area (Å²) in [5, 5.41) is 1.31. The van der Waals surface area contributed by atoms with Crippen LogP contribution in [0, 0.1) is 0 Å². The van der Waals surface area contributed by atoms with E-state index in [4.69, 9.17) is 5.73 Å². The second-order valence-electron chi connectivity index (χ2n) is 4.01. The van der Waals surface area contributed by atoms with Crippen LogP contribution in [0.2, 0.25) is 0 Å². The van der Waals surface area contributed by atoms with Gasteiger partial charge in [-0.15, -0.1) is 17.9 Å². The number of hydrogen-bond acceptors (Lipinski definition) is 2. The van der Waals surface area contributed by atoms with Gasteiger partial charge in [-0.1, -0.05) is 24.3 Å². The highest BCUT2D eigenvalue weighted by Gasteiger charge is 2.09. The minimum atomic E-state index is 0.178. The molecule has 0 saturated heterocycles. The van der Waals surface area contributed by atoms with Gasteiger partial charge in [0.15, 0.2) is 0 Å². The summed E-state index contributed by atoms with van der Waals surface area (Å²) in [5.41, 5.74) is 6.18. The van der Waals surface area contributed by atoms with E-state index in [-0.39, 0.29) is 6.04 Å². The molecule has 16 heavy (non-hydrogen) atoms. The van der Waals surface area contributed by atoms with Gasteiger partial charge in [-0.25, -0.2) is 0 Å². The van der Waals surface area contributed by atoms with E-state index in [2.05, 4.69) is 36.9 Å². The van der Waals surface area contributed by atoms with Gasteiger partial charge in [0.05, 0.1) is 0 Å². The van der Waals surface area contributed by atoms with Gasteiger partial charge in [0.2, 0.25) is 0 Å². The van der Waals surface area contributed by atoms with Crippen molar-refractivity contribution in [2.45, 2.75) is 25.3 Å². The number of benzene rings is 1. The van der Waals surface area contributed by atoms with Crippen LogP contribution >= 0.6 is 11.3 Å². The highest BCUT2D eigenvalue weighted by Crippen LogP contribution is 2.30. The quantitative estimate of drug-likeness (QED) is 0.604. The first kappa shape index (κ1) is 11.4. The van der Waals surface area contributed by atoms with Crippen LogP contribution in [0.15, 0.2) is 43.0 Å². The van der Waals surface area contributed by atoms with Crippen molar-refractivity contribution in [1.29, 1.82) is 0 Å². The van der Waals surface area contributed by atoms with Crippen molar-refractivity contribution >= 4 is 21.4 Å². The first-order valence-corrected chi connectivity index (χ1v) is 6.48. The van der Waals surface area contributed by atoms with Gasteiger partial charge in [-0.3, -0.25) is 0 Å². The fraction of sp³-hybridized carbons (Fsp3) is 0.286. The zero-order valence-corrected chi connectivity index (χ0v) is 10.2. The molecule has 1 heterocycles. The molecule has 2 heteroatoms. The fourth-order valence-electron chi connectivity index (χ4n) is 1.81. The molecule has 1 nitrogen and oxygen atoms in total. The van der Waals surface area contributed by atoms with Crippen molar-refractivity contribution in [3.8, 4) is 0 Å². The standard InChI is InChI=1S/C14H17NS/c1-2-3-4-8-12(15)14-10-11-7-5-6-9-13(11)16-14/h2,5-7,9-10,12H,1,3-4,8,15H2. The molecule has 0 saturated carbocycles. The average Bonchev–Trinajstić information content (AvgIpc) is 2.73. The van der Waals surface area contributed by atoms with Gasteiger partial charge in [0.1, 0.15) is 0 Å². The van der Waals surface area contributed by atoms with Gasteiger partial charge in [0, 0.05) is 15.6 Å². The Balaban J connectivity index is 2.10. The lowest BCUT2D eigenvalue weighted by Gasteiger charge is -2.07. The lowest BCUT2D eigenvalue weighted by Crippen LogP contribution is -2.07. The Bertz CT molecular complexity index is 439. The maximum absolute atomic E-state index is 6.18. The predicted molar refractivity (Wildman–Crippen MR) is 72.8 cm³/mol. The summed E-state index contributed by atoms with van der Waals surface area (Å²) in [6.45, 7) is 3.73. The van der Waals surface area contributed by atoms with Crippen LogP contribution in [0.3, 0.4) is 0 Å². The van der Waals surface area contributed by atoms with Crippen molar-refractivity contribution in [2.75, 3.05) is 0 Å². The van der Waals surface area contributed by atoms with E-state index < -0.39 is 0 Å². The maximum Gasteiger partial charge on any atom is 0.0390 e. The summed E-state index contributed by atoms with van der Waals surface area (Å²) in [7, 11) is 0. The molecule has 1 aromatic heterocycles. The van der Waals surface area contributed by atoms with Crippen molar-refractivity contribution in [3.05, 3.63) is 47.9 Å². The number of allylic oxidation sites excluding steroid dienone is 1. The molecule has 1 atom stereocenters. The Hall–Kier alpha value is -1.12. The van der Waals surface area contributed by atoms with Crippen molar-refractivity contribution < 1.29 is 0 Å². The van der Waals surface area contributed by atoms with Gasteiger partial charge in [0.25, 0.3) is 0 Å². The second kappa shape index (κ2) is 5.28. The molecule has 0 aliphatic rings. The number of rotatable bonds is 5. The summed E-state index contributed by atoms with van der Waals surface area (Å²) in [5.74, 6) is 0. The monoisotopic (exact) mass is 231 g/mol. The minimum absolute atomic E-state index is 0.178. The van der Waals surface area contributed by atoms with Crippen LogP contribution in [0.25, 0.3) is 10.1 Å². The smallest absolute Gasteiger partial charge is 0.0390 e. The molecule has 2 rings (SSSR count). The summed E-state index contributed by atoms with van der Waals surface area (Å²) >= 11 is 1.81. The molecule has 0 spiro atoms. The Morgan fingerprint density at radius 2 is 2.19 bits per heavy atom. The molecule has 0 aliphatic heterocycles. The van der Waals surface area contributed by atoms with Crippen LogP contribution in [0.4, 0.5) is 0 Å². The third-order valence-corrected chi connectivity index (χ3v) is 3.98. The molecule has 1 aromatic carbocycles. The Labute approximate surface area is 101 Å². The first-order valence-electron chi connectivity index (χ1n) is 5.66. The molecule has 2 N–H and O–H groups in total. The zero-order chi connectivity index (χ0) is 11.4. The topological polar surface area (TPSA) is 26.0 Å². The number of thiophene rings is 1. The molecule has 0 bridgehead atoms. The lowest BCUT2D eigenvalue weighted by molar-refractivity contribution is 0.626. The first-order chi connectivity index (χ1) is 7.81. The summed E-state index contributed by atoms with van der Waals surface area (Å²) < 4.78 is 1.33. The third kappa shape index (κ3) is 2.52. The summed E-state index contributed by atoms with van der Waals surface area (Å²) in [6, 6.07) is 10.8. The molecule has 0 amide bonds. The Morgan fingerprint density at radius 3 is 2.94 bits per heavy atom. The van der Waals surface area contributed by atoms with Crippen LogP contribution in [-0.4, -0.2) is 0 Å². The van der Waals surface area contributed by atoms with Gasteiger partial charge >= 0.3 is 0 Å². The Morgan fingerprint density at radius 1 is 1.38 bits per heavy atom. The zero-order valence-electron chi connectivity index (χ0n) is 9.36. The van der Waals surface area contributed by atoms with E-state index in [1.165, 1.54) is 15.0 Å². The molecule has 2 aromatic rings. The van der Waals surface area contributed by atoms with Crippen LogP contribution in [-0.2, 0) is 0 Å². The molecule has 0 radical (unpaired) electrons. The van der Waals surface area contributed by atoms with Gasteiger partial charge in [-0.2, -0.15) is 0 Å². The number of hydrogen-bond donors (Lipinski definition) is 1. The van der Waals surface area contributed by atoms with Gasteiger partial charge < -0.3 is 5.73 Å². The normalized spacial score (nSPS) is 12.8. The summed E-state index contributed by atoms with van der Waals surface area (Å²) in [4.78, 5) is 1.30. The summed E-state index contributed by atoms with van der Waals surface area (Å²) in [6.07, 6.45) is 5.17. The molecule has 0 fully saturated rings. The minimum Gasteiger partial charge on any atom is -0.323 e. The van der Waals surface area contributed by atoms with E-state index in [0.29, 0.717) is 0 Å². The molecule has 1 unspecified atom stereocenters. The van der Waals surface area contributed by atoms with Crippen LogP contribution < -0.4 is 5.73 Å². The maximum atomic E-state index is 6.18. The van der Waals surface area contributed by atoms with E-state index in [9.17, 15) is 0 Å². The van der Waals surface area contributed by atoms with Crippen molar-refractivity contribution in [1.82, 2.24) is 0 Å². The molecule has 84 valence electrons. The van der Waals surface area contributed by atoms with Crippen LogP contribution in [0.5, 0.6) is 0 Å². The van der Waals surface area contributed by atoms with E-state index in [1.54, 1.807) is 0 Å². The van der Waals surface area contributed by atoms with E-state index in [1.807, 2.05) is 17.4 Å². The van der Waals surface area contributed by atoms with Crippen molar-refractivity contribution in [2.24, 2.45) is 5.73 Å². The van der Waals surface area contributed by atoms with Crippen LogP contribution in [0.1, 0.15) is 30.2 Å².